The minimum absolute atomic E-state index is 0.0459. The fraction of sp³-hybridized carbons (Fsp3) is 0.750. The number of nitrogens with two attached hydrogens (primary N) is 1. The summed E-state index contributed by atoms with van der Waals surface area (Å²) in [5.41, 5.74) is 5.64. The Morgan fingerprint density at radius 2 is 2.22 bits per heavy atom. The van der Waals surface area contributed by atoms with E-state index < -0.39 is 0 Å². The highest BCUT2D eigenvalue weighted by molar-refractivity contribution is 5.79. The molecule has 0 radical (unpaired) electrons. The molecule has 0 fully saturated rings. The number of likely N-dealkylation sites (N-methyl/N-ethyl adjacent to an activating group) is 1. The van der Waals surface area contributed by atoms with E-state index in [2.05, 4.69) is 23.9 Å². The zero-order chi connectivity index (χ0) is 13.8. The molecule has 0 aromatic carbocycles. The van der Waals surface area contributed by atoms with Gasteiger partial charge >= 0.3 is 0 Å². The summed E-state index contributed by atoms with van der Waals surface area (Å²) in [6.45, 7) is 9.79. The average Bonchev–Trinajstić information content (AvgIpc) is 2.88. The Bertz CT molecular complexity index is 374. The van der Waals surface area contributed by atoms with E-state index in [4.69, 9.17) is 5.73 Å². The summed E-state index contributed by atoms with van der Waals surface area (Å²) in [7, 11) is 0. The second kappa shape index (κ2) is 5.95. The average molecular weight is 253 g/mol. The Balaban J connectivity index is 2.74. The lowest BCUT2D eigenvalue weighted by molar-refractivity contribution is -0.135. The summed E-state index contributed by atoms with van der Waals surface area (Å²) < 4.78 is 1.57. The molecule has 1 aromatic rings. The second-order valence-corrected chi connectivity index (χ2v) is 5.27. The Morgan fingerprint density at radius 1 is 1.56 bits per heavy atom. The van der Waals surface area contributed by atoms with Crippen LogP contribution in [0.15, 0.2) is 12.7 Å². The molecule has 0 spiro atoms. The van der Waals surface area contributed by atoms with Crippen molar-refractivity contribution in [3.05, 3.63) is 12.7 Å². The first-order chi connectivity index (χ1) is 8.41. The van der Waals surface area contributed by atoms with E-state index in [-0.39, 0.29) is 17.4 Å². The molecule has 1 rings (SSSR count). The van der Waals surface area contributed by atoms with E-state index in [0.717, 1.165) is 0 Å². The van der Waals surface area contributed by atoms with Crippen LogP contribution in [0.2, 0.25) is 0 Å². The molecule has 1 aromatic heterocycles. The Hall–Kier alpha value is -1.43. The maximum Gasteiger partial charge on any atom is 0.247 e. The van der Waals surface area contributed by atoms with Crippen LogP contribution < -0.4 is 5.73 Å². The number of hydrogen-bond acceptors (Lipinski definition) is 4. The topological polar surface area (TPSA) is 77.0 Å². The van der Waals surface area contributed by atoms with Gasteiger partial charge in [-0.2, -0.15) is 5.10 Å². The molecule has 2 N–H and O–H groups in total. The van der Waals surface area contributed by atoms with Gasteiger partial charge in [-0.3, -0.25) is 4.79 Å². The van der Waals surface area contributed by atoms with E-state index in [1.165, 1.54) is 6.33 Å². The molecule has 6 heteroatoms. The molecule has 1 heterocycles. The molecule has 0 aliphatic heterocycles. The number of amides is 1. The molecule has 1 unspecified atom stereocenters. The monoisotopic (exact) mass is 253 g/mol. The standard InChI is InChI=1S/C12H23N5O/c1-5-16(7-12(3,4)6-13)11(18)10(2)17-9-14-8-15-17/h8-10H,5-7,13H2,1-4H3. The summed E-state index contributed by atoms with van der Waals surface area (Å²) >= 11 is 0. The largest absolute Gasteiger partial charge is 0.341 e. The van der Waals surface area contributed by atoms with E-state index in [0.29, 0.717) is 19.6 Å². The number of aromatic nitrogens is 3. The minimum Gasteiger partial charge on any atom is -0.341 e. The SMILES string of the molecule is CCN(CC(C)(C)CN)C(=O)C(C)n1cncn1. The van der Waals surface area contributed by atoms with Crippen molar-refractivity contribution >= 4 is 5.91 Å². The van der Waals surface area contributed by atoms with E-state index in [1.807, 2.05) is 18.7 Å². The van der Waals surface area contributed by atoms with Gasteiger partial charge in [0.25, 0.3) is 0 Å². The highest BCUT2D eigenvalue weighted by Gasteiger charge is 2.26. The van der Waals surface area contributed by atoms with Crippen LogP contribution in [0.1, 0.15) is 33.7 Å². The fourth-order valence-electron chi connectivity index (χ4n) is 1.72. The number of carbonyl (C=O) groups excluding carboxylic acids is 1. The van der Waals surface area contributed by atoms with Crippen LogP contribution in [0.4, 0.5) is 0 Å². The second-order valence-electron chi connectivity index (χ2n) is 5.27. The molecule has 18 heavy (non-hydrogen) atoms. The first kappa shape index (κ1) is 14.6. The van der Waals surface area contributed by atoms with Gasteiger partial charge in [0.2, 0.25) is 5.91 Å². The third-order valence-corrected chi connectivity index (χ3v) is 3.06. The van der Waals surface area contributed by atoms with Crippen molar-refractivity contribution in [2.75, 3.05) is 19.6 Å². The zero-order valence-electron chi connectivity index (χ0n) is 11.6. The van der Waals surface area contributed by atoms with Crippen molar-refractivity contribution in [1.82, 2.24) is 19.7 Å². The van der Waals surface area contributed by atoms with Crippen molar-refractivity contribution < 1.29 is 4.79 Å². The molecule has 6 nitrogen and oxygen atoms in total. The first-order valence-electron chi connectivity index (χ1n) is 6.24. The molecule has 1 amide bonds. The quantitative estimate of drug-likeness (QED) is 0.808. The van der Waals surface area contributed by atoms with Gasteiger partial charge in [-0.15, -0.1) is 0 Å². The van der Waals surface area contributed by atoms with Gasteiger partial charge in [-0.25, -0.2) is 9.67 Å². The fourth-order valence-corrected chi connectivity index (χ4v) is 1.72. The smallest absolute Gasteiger partial charge is 0.247 e. The van der Waals surface area contributed by atoms with Crippen LogP contribution in [-0.2, 0) is 4.79 Å². The van der Waals surface area contributed by atoms with Gasteiger partial charge < -0.3 is 10.6 Å². The van der Waals surface area contributed by atoms with Gasteiger partial charge in [0.15, 0.2) is 0 Å². The van der Waals surface area contributed by atoms with E-state index in [1.54, 1.807) is 11.0 Å². The van der Waals surface area contributed by atoms with E-state index in [9.17, 15) is 4.79 Å². The zero-order valence-corrected chi connectivity index (χ0v) is 11.6. The Labute approximate surface area is 108 Å². The molecule has 0 bridgehead atoms. The Morgan fingerprint density at radius 3 is 2.67 bits per heavy atom. The van der Waals surface area contributed by atoms with Gasteiger partial charge in [-0.1, -0.05) is 13.8 Å². The molecule has 102 valence electrons. The van der Waals surface area contributed by atoms with Crippen molar-refractivity contribution in [2.24, 2.45) is 11.1 Å². The van der Waals surface area contributed by atoms with Crippen LogP contribution in [0.5, 0.6) is 0 Å². The predicted octanol–water partition coefficient (Wildman–Crippen LogP) is 0.673. The van der Waals surface area contributed by atoms with Crippen LogP contribution in [-0.4, -0.2) is 45.2 Å². The number of carbonyl (C=O) groups is 1. The van der Waals surface area contributed by atoms with Crippen molar-refractivity contribution in [3.63, 3.8) is 0 Å². The highest BCUT2D eigenvalue weighted by Crippen LogP contribution is 2.17. The lowest BCUT2D eigenvalue weighted by Gasteiger charge is -2.32. The van der Waals surface area contributed by atoms with Crippen molar-refractivity contribution in [3.8, 4) is 0 Å². The van der Waals surface area contributed by atoms with Gasteiger partial charge in [-0.05, 0) is 25.8 Å². The van der Waals surface area contributed by atoms with Gasteiger partial charge in [0, 0.05) is 13.1 Å². The number of hydrogen-bond donors (Lipinski definition) is 1. The first-order valence-corrected chi connectivity index (χ1v) is 6.24. The highest BCUT2D eigenvalue weighted by atomic mass is 16.2. The van der Waals surface area contributed by atoms with Gasteiger partial charge in [0.05, 0.1) is 0 Å². The third-order valence-electron chi connectivity index (χ3n) is 3.06. The molecular weight excluding hydrogens is 230 g/mol. The summed E-state index contributed by atoms with van der Waals surface area (Å²) in [6.07, 6.45) is 2.99. The van der Waals surface area contributed by atoms with E-state index >= 15 is 0 Å². The molecule has 1 atom stereocenters. The van der Waals surface area contributed by atoms with Crippen LogP contribution in [0.3, 0.4) is 0 Å². The number of rotatable bonds is 6. The maximum absolute atomic E-state index is 12.4. The molecule has 0 aliphatic carbocycles. The normalized spacial score (nSPS) is 13.4. The van der Waals surface area contributed by atoms with Crippen molar-refractivity contribution in [1.29, 1.82) is 0 Å². The maximum atomic E-state index is 12.4. The lowest BCUT2D eigenvalue weighted by Crippen LogP contribution is -2.44. The lowest BCUT2D eigenvalue weighted by atomic mass is 9.93. The molecule has 0 saturated heterocycles. The minimum atomic E-state index is -0.332. The molecule has 0 aliphatic rings. The summed E-state index contributed by atoms with van der Waals surface area (Å²) in [5.74, 6) is 0.0459. The van der Waals surface area contributed by atoms with Gasteiger partial charge in [0.1, 0.15) is 18.7 Å². The predicted molar refractivity (Wildman–Crippen MR) is 69.8 cm³/mol. The molecule has 0 saturated carbocycles. The summed E-state index contributed by atoms with van der Waals surface area (Å²) in [6, 6.07) is -0.332. The van der Waals surface area contributed by atoms with Crippen molar-refractivity contribution in [2.45, 2.75) is 33.7 Å². The third kappa shape index (κ3) is 3.53. The summed E-state index contributed by atoms with van der Waals surface area (Å²) in [5, 5.41) is 4.00. The summed E-state index contributed by atoms with van der Waals surface area (Å²) in [4.78, 5) is 18.0. The molecular formula is C12H23N5O. The Kier molecular flexibility index (Phi) is 4.84. The number of nitrogens with zero attached hydrogens (tertiary/aromatic N) is 4. The van der Waals surface area contributed by atoms with Crippen LogP contribution in [0.25, 0.3) is 0 Å². The van der Waals surface area contributed by atoms with Crippen LogP contribution >= 0.6 is 0 Å². The van der Waals surface area contributed by atoms with Crippen LogP contribution in [0, 0.1) is 5.41 Å².